The summed E-state index contributed by atoms with van der Waals surface area (Å²) in [4.78, 5) is 30.2. The van der Waals surface area contributed by atoms with E-state index in [9.17, 15) is 9.59 Å². The molecule has 1 aromatic carbocycles. The van der Waals surface area contributed by atoms with Gasteiger partial charge in [0.15, 0.2) is 0 Å². The Morgan fingerprint density at radius 1 is 1.15 bits per heavy atom. The van der Waals surface area contributed by atoms with Crippen molar-refractivity contribution in [2.75, 3.05) is 38.2 Å². The number of hydrogen-bond donors (Lipinski definition) is 1. The molecule has 0 bridgehead atoms. The zero-order valence-corrected chi connectivity index (χ0v) is 21.7. The number of amides is 2. The fourth-order valence-corrected chi connectivity index (χ4v) is 6.09. The van der Waals surface area contributed by atoms with Gasteiger partial charge in [-0.1, -0.05) is 31.4 Å². The van der Waals surface area contributed by atoms with Crippen molar-refractivity contribution in [3.05, 3.63) is 28.3 Å². The van der Waals surface area contributed by atoms with Crippen LogP contribution in [-0.2, 0) is 20.9 Å². The van der Waals surface area contributed by atoms with E-state index in [0.717, 1.165) is 75.5 Å². The van der Waals surface area contributed by atoms with E-state index in [4.69, 9.17) is 16.3 Å². The molecule has 1 aliphatic carbocycles. The third-order valence-corrected chi connectivity index (χ3v) is 8.33. The van der Waals surface area contributed by atoms with Gasteiger partial charge < -0.3 is 15.0 Å². The number of piperazine rings is 1. The summed E-state index contributed by atoms with van der Waals surface area (Å²) < 4.78 is 5.51. The standard InChI is InChI=1S/C27H40ClN3O3/c1-18-17-34-11-8-22(18)13-26(32)29-25-14-24(28)12-23(20(25)3)16-30-9-10-31(19(2)15-30)27(33)21-6-4-5-7-21/h12,14,18-19,21-22H,4-11,13,15-17H2,1-3H3,(H,29,32). The highest BCUT2D eigenvalue weighted by atomic mass is 35.5. The SMILES string of the molecule is Cc1c(CN2CCN(C(=O)C3CCCC3)C(C)C2)cc(Cl)cc1NC(=O)CC1CCOCC1C. The lowest BCUT2D eigenvalue weighted by Gasteiger charge is -2.41. The summed E-state index contributed by atoms with van der Waals surface area (Å²) in [5.74, 6) is 1.39. The summed E-state index contributed by atoms with van der Waals surface area (Å²) >= 11 is 6.47. The maximum Gasteiger partial charge on any atom is 0.226 e. The molecule has 0 spiro atoms. The second-order valence-corrected chi connectivity index (χ2v) is 11.1. The van der Waals surface area contributed by atoms with Crippen molar-refractivity contribution in [1.82, 2.24) is 9.80 Å². The van der Waals surface area contributed by atoms with Crippen LogP contribution in [0.15, 0.2) is 12.1 Å². The molecular formula is C27H40ClN3O3. The average molecular weight is 490 g/mol. The van der Waals surface area contributed by atoms with E-state index in [1.165, 1.54) is 12.8 Å². The molecule has 2 heterocycles. The van der Waals surface area contributed by atoms with E-state index in [2.05, 4.69) is 35.9 Å². The molecule has 0 aromatic heterocycles. The Kier molecular flexibility index (Phi) is 8.54. The maximum absolute atomic E-state index is 12.9. The van der Waals surface area contributed by atoms with Gasteiger partial charge in [0.25, 0.3) is 0 Å². The quantitative estimate of drug-likeness (QED) is 0.619. The van der Waals surface area contributed by atoms with Gasteiger partial charge in [0.1, 0.15) is 0 Å². The maximum atomic E-state index is 12.9. The summed E-state index contributed by atoms with van der Waals surface area (Å²) in [7, 11) is 0. The fourth-order valence-electron chi connectivity index (χ4n) is 5.85. The highest BCUT2D eigenvalue weighted by molar-refractivity contribution is 6.31. The number of nitrogens with zero attached hydrogens (tertiary/aromatic N) is 2. The van der Waals surface area contributed by atoms with Gasteiger partial charge in [-0.2, -0.15) is 0 Å². The van der Waals surface area contributed by atoms with E-state index >= 15 is 0 Å². The van der Waals surface area contributed by atoms with E-state index < -0.39 is 0 Å². The van der Waals surface area contributed by atoms with Gasteiger partial charge in [0, 0.05) is 68.5 Å². The second kappa shape index (κ2) is 11.4. The summed E-state index contributed by atoms with van der Waals surface area (Å²) in [5, 5.41) is 3.76. The molecule has 3 unspecified atom stereocenters. The van der Waals surface area contributed by atoms with Crippen molar-refractivity contribution in [3.8, 4) is 0 Å². The molecule has 2 aliphatic heterocycles. The molecule has 7 heteroatoms. The van der Waals surface area contributed by atoms with Gasteiger partial charge in [-0.15, -0.1) is 0 Å². The van der Waals surface area contributed by atoms with E-state index in [1.807, 2.05) is 12.1 Å². The smallest absolute Gasteiger partial charge is 0.226 e. The minimum absolute atomic E-state index is 0.0442. The van der Waals surface area contributed by atoms with E-state index in [-0.39, 0.29) is 17.9 Å². The first-order valence-electron chi connectivity index (χ1n) is 13.0. The van der Waals surface area contributed by atoms with E-state index in [1.54, 1.807) is 0 Å². The van der Waals surface area contributed by atoms with Crippen molar-refractivity contribution in [1.29, 1.82) is 0 Å². The minimum atomic E-state index is 0.0442. The van der Waals surface area contributed by atoms with Gasteiger partial charge in [-0.3, -0.25) is 14.5 Å². The molecule has 3 aliphatic rings. The first kappa shape index (κ1) is 25.5. The third-order valence-electron chi connectivity index (χ3n) is 8.11. The third kappa shape index (κ3) is 6.13. The molecule has 1 aromatic rings. The lowest BCUT2D eigenvalue weighted by Crippen LogP contribution is -2.54. The number of carbonyl (C=O) groups is 2. The lowest BCUT2D eigenvalue weighted by molar-refractivity contribution is -0.140. The number of anilines is 1. The van der Waals surface area contributed by atoms with Crippen LogP contribution in [0.3, 0.4) is 0 Å². The Labute approximate surface area is 209 Å². The van der Waals surface area contributed by atoms with Gasteiger partial charge >= 0.3 is 0 Å². The van der Waals surface area contributed by atoms with Crippen LogP contribution in [0.2, 0.25) is 5.02 Å². The zero-order valence-electron chi connectivity index (χ0n) is 20.9. The van der Waals surface area contributed by atoms with Crippen molar-refractivity contribution in [2.24, 2.45) is 17.8 Å². The van der Waals surface area contributed by atoms with Crippen molar-refractivity contribution >= 4 is 29.1 Å². The molecule has 1 N–H and O–H groups in total. The average Bonchev–Trinajstić information content (AvgIpc) is 3.33. The minimum Gasteiger partial charge on any atom is -0.381 e. The number of carbonyl (C=O) groups excluding carboxylic acids is 2. The monoisotopic (exact) mass is 489 g/mol. The molecule has 2 amide bonds. The van der Waals surface area contributed by atoms with Crippen LogP contribution < -0.4 is 5.32 Å². The Morgan fingerprint density at radius 2 is 1.91 bits per heavy atom. The fraction of sp³-hybridized carbons (Fsp3) is 0.704. The Balaban J connectivity index is 1.36. The first-order valence-corrected chi connectivity index (χ1v) is 13.4. The first-order chi connectivity index (χ1) is 16.3. The van der Waals surface area contributed by atoms with Crippen LogP contribution >= 0.6 is 11.6 Å². The molecule has 6 nitrogen and oxygen atoms in total. The molecule has 3 fully saturated rings. The van der Waals surface area contributed by atoms with Crippen molar-refractivity contribution in [3.63, 3.8) is 0 Å². The largest absolute Gasteiger partial charge is 0.381 e. The molecule has 0 radical (unpaired) electrons. The van der Waals surface area contributed by atoms with Gasteiger partial charge in [-0.25, -0.2) is 0 Å². The van der Waals surface area contributed by atoms with Crippen molar-refractivity contribution < 1.29 is 14.3 Å². The normalized spacial score (nSPS) is 26.6. The summed E-state index contributed by atoms with van der Waals surface area (Å²) in [6.45, 7) is 11.1. The Hall–Kier alpha value is -1.63. The van der Waals surface area contributed by atoms with Gasteiger partial charge in [0.05, 0.1) is 0 Å². The number of ether oxygens (including phenoxy) is 1. The molecule has 1 saturated carbocycles. The molecular weight excluding hydrogens is 450 g/mol. The molecule has 34 heavy (non-hydrogen) atoms. The number of halogens is 1. The number of hydrogen-bond acceptors (Lipinski definition) is 4. The van der Waals surface area contributed by atoms with Crippen LogP contribution in [0.5, 0.6) is 0 Å². The summed E-state index contributed by atoms with van der Waals surface area (Å²) in [6, 6.07) is 4.07. The number of nitrogens with one attached hydrogen (secondary N) is 1. The molecule has 4 rings (SSSR count). The van der Waals surface area contributed by atoms with Gasteiger partial charge in [0.2, 0.25) is 11.8 Å². The highest BCUT2D eigenvalue weighted by Crippen LogP contribution is 2.30. The second-order valence-electron chi connectivity index (χ2n) is 10.7. The highest BCUT2D eigenvalue weighted by Gasteiger charge is 2.33. The summed E-state index contributed by atoms with van der Waals surface area (Å²) in [6.07, 6.45) is 5.92. The zero-order chi connectivity index (χ0) is 24.2. The lowest BCUT2D eigenvalue weighted by atomic mass is 9.87. The van der Waals surface area contributed by atoms with Crippen LogP contribution in [0.25, 0.3) is 0 Å². The molecule has 188 valence electrons. The topological polar surface area (TPSA) is 61.9 Å². The van der Waals surface area contributed by atoms with Crippen LogP contribution in [-0.4, -0.2) is 60.5 Å². The van der Waals surface area contributed by atoms with Crippen LogP contribution in [0.4, 0.5) is 5.69 Å². The Morgan fingerprint density at radius 3 is 2.62 bits per heavy atom. The summed E-state index contributed by atoms with van der Waals surface area (Å²) in [5.41, 5.74) is 3.00. The number of rotatable bonds is 6. The van der Waals surface area contributed by atoms with Crippen molar-refractivity contribution in [2.45, 2.75) is 71.9 Å². The van der Waals surface area contributed by atoms with Gasteiger partial charge in [-0.05, 0) is 68.2 Å². The van der Waals surface area contributed by atoms with Crippen LogP contribution in [0.1, 0.15) is 63.5 Å². The number of benzene rings is 1. The predicted molar refractivity (Wildman–Crippen MR) is 136 cm³/mol. The van der Waals surface area contributed by atoms with Crippen LogP contribution in [0, 0.1) is 24.7 Å². The molecule has 3 atom stereocenters. The Bertz CT molecular complexity index is 886. The van der Waals surface area contributed by atoms with E-state index in [0.29, 0.717) is 29.2 Å². The molecule has 2 saturated heterocycles. The predicted octanol–water partition coefficient (Wildman–Crippen LogP) is 4.87.